The van der Waals surface area contributed by atoms with Crippen LogP contribution in [0.1, 0.15) is 53.6 Å². The molecule has 0 saturated heterocycles. The molecule has 0 aliphatic heterocycles. The minimum Gasteiger partial charge on any atom is -0.442 e. The smallest absolute Gasteiger partial charge is 0.262 e. The molecule has 1 amide bonds. The van der Waals surface area contributed by atoms with E-state index >= 15 is 0 Å². The standard InChI is InChI=1S/C19H19N3O3/c1-10-14(15-16(23)20-9-21-18(15)25-10)17(24)22-13-8-19(2,3)12-7-5-4-6-11(12)13/h4-7,9,13H,8H2,1-3H3,(H,22,24)(H,20,21,23). The lowest BCUT2D eigenvalue weighted by molar-refractivity contribution is 0.0934. The Hall–Kier alpha value is -2.89. The van der Waals surface area contributed by atoms with Gasteiger partial charge in [-0.1, -0.05) is 38.1 Å². The van der Waals surface area contributed by atoms with Gasteiger partial charge in [-0.2, -0.15) is 0 Å². The minimum absolute atomic E-state index is 0.0128. The topological polar surface area (TPSA) is 88.0 Å². The fraction of sp³-hybridized carbons (Fsp3) is 0.316. The molecule has 4 rings (SSSR count). The first-order chi connectivity index (χ1) is 11.9. The highest BCUT2D eigenvalue weighted by Crippen LogP contribution is 2.44. The minimum atomic E-state index is -0.376. The van der Waals surface area contributed by atoms with Crippen LogP contribution in [-0.4, -0.2) is 15.9 Å². The van der Waals surface area contributed by atoms with Crippen LogP contribution < -0.4 is 10.9 Å². The summed E-state index contributed by atoms with van der Waals surface area (Å²) in [4.78, 5) is 31.5. The Morgan fingerprint density at radius 3 is 2.92 bits per heavy atom. The number of nitrogens with zero attached hydrogens (tertiary/aromatic N) is 1. The van der Waals surface area contributed by atoms with Gasteiger partial charge in [0.1, 0.15) is 11.1 Å². The molecule has 1 atom stereocenters. The molecule has 2 aromatic heterocycles. The highest BCUT2D eigenvalue weighted by Gasteiger charge is 2.37. The van der Waals surface area contributed by atoms with Crippen LogP contribution in [-0.2, 0) is 5.41 Å². The van der Waals surface area contributed by atoms with Gasteiger partial charge in [0.15, 0.2) is 0 Å². The Kier molecular flexibility index (Phi) is 3.32. The van der Waals surface area contributed by atoms with Crippen molar-refractivity contribution in [2.45, 2.75) is 38.6 Å². The maximum atomic E-state index is 12.9. The second-order valence-corrected chi connectivity index (χ2v) is 7.15. The van der Waals surface area contributed by atoms with Crippen molar-refractivity contribution in [3.8, 4) is 0 Å². The second kappa shape index (κ2) is 5.31. The highest BCUT2D eigenvalue weighted by molar-refractivity contribution is 6.06. The van der Waals surface area contributed by atoms with Gasteiger partial charge in [-0.25, -0.2) is 4.98 Å². The summed E-state index contributed by atoms with van der Waals surface area (Å²) in [5, 5.41) is 3.27. The lowest BCUT2D eigenvalue weighted by atomic mass is 9.86. The average Bonchev–Trinajstić information content (AvgIpc) is 3.03. The molecule has 6 nitrogen and oxygen atoms in total. The van der Waals surface area contributed by atoms with Crippen molar-refractivity contribution in [1.29, 1.82) is 0 Å². The van der Waals surface area contributed by atoms with E-state index in [0.29, 0.717) is 5.76 Å². The summed E-state index contributed by atoms with van der Waals surface area (Å²) >= 11 is 0. The lowest BCUT2D eigenvalue weighted by Crippen LogP contribution is -2.29. The van der Waals surface area contributed by atoms with E-state index in [4.69, 9.17) is 4.42 Å². The molecule has 6 heteroatoms. The van der Waals surface area contributed by atoms with Crippen LogP contribution in [0.3, 0.4) is 0 Å². The van der Waals surface area contributed by atoms with Gasteiger partial charge < -0.3 is 14.7 Å². The van der Waals surface area contributed by atoms with Gasteiger partial charge in [-0.15, -0.1) is 0 Å². The van der Waals surface area contributed by atoms with Gasteiger partial charge in [0, 0.05) is 0 Å². The van der Waals surface area contributed by atoms with Crippen molar-refractivity contribution in [2.75, 3.05) is 0 Å². The van der Waals surface area contributed by atoms with Gasteiger partial charge in [-0.05, 0) is 29.9 Å². The Morgan fingerprint density at radius 1 is 1.36 bits per heavy atom. The summed E-state index contributed by atoms with van der Waals surface area (Å²) in [6.07, 6.45) is 2.08. The van der Waals surface area contributed by atoms with Crippen LogP contribution in [0.4, 0.5) is 0 Å². The van der Waals surface area contributed by atoms with Crippen LogP contribution in [0.5, 0.6) is 0 Å². The third kappa shape index (κ3) is 2.36. The van der Waals surface area contributed by atoms with E-state index in [0.717, 1.165) is 12.0 Å². The van der Waals surface area contributed by atoms with Crippen LogP contribution in [0, 0.1) is 6.92 Å². The summed E-state index contributed by atoms with van der Waals surface area (Å²) in [5.74, 6) is 0.0782. The van der Waals surface area contributed by atoms with Crippen molar-refractivity contribution in [3.05, 3.63) is 63.4 Å². The molecule has 25 heavy (non-hydrogen) atoms. The summed E-state index contributed by atoms with van der Waals surface area (Å²) in [7, 11) is 0. The number of carbonyl (C=O) groups excluding carboxylic acids is 1. The fourth-order valence-corrected chi connectivity index (χ4v) is 3.83. The second-order valence-electron chi connectivity index (χ2n) is 7.15. The number of rotatable bonds is 2. The fourth-order valence-electron chi connectivity index (χ4n) is 3.83. The number of aromatic amines is 1. The number of fused-ring (bicyclic) bond motifs is 2. The van der Waals surface area contributed by atoms with Gasteiger partial charge in [0.2, 0.25) is 5.71 Å². The quantitative estimate of drug-likeness (QED) is 0.752. The number of carbonyl (C=O) groups is 1. The van der Waals surface area contributed by atoms with Crippen LogP contribution in [0.25, 0.3) is 11.1 Å². The van der Waals surface area contributed by atoms with E-state index in [1.165, 1.54) is 11.9 Å². The molecular weight excluding hydrogens is 318 g/mol. The molecule has 2 heterocycles. The van der Waals surface area contributed by atoms with E-state index in [1.807, 2.05) is 18.2 Å². The molecule has 1 aromatic carbocycles. The SMILES string of the molecule is Cc1oc2nc[nH]c(=O)c2c1C(=O)NC1CC(C)(C)c2ccccc21. The van der Waals surface area contributed by atoms with E-state index in [9.17, 15) is 9.59 Å². The van der Waals surface area contributed by atoms with Crippen molar-refractivity contribution in [3.63, 3.8) is 0 Å². The van der Waals surface area contributed by atoms with E-state index in [-0.39, 0.29) is 39.6 Å². The lowest BCUT2D eigenvalue weighted by Gasteiger charge is -2.19. The largest absolute Gasteiger partial charge is 0.442 e. The molecular formula is C19H19N3O3. The monoisotopic (exact) mass is 337 g/mol. The van der Waals surface area contributed by atoms with Crippen LogP contribution >= 0.6 is 0 Å². The van der Waals surface area contributed by atoms with Gasteiger partial charge >= 0.3 is 0 Å². The van der Waals surface area contributed by atoms with Gasteiger partial charge in [0.05, 0.1) is 17.9 Å². The summed E-state index contributed by atoms with van der Waals surface area (Å²) in [6.45, 7) is 6.01. The number of benzene rings is 1. The third-order valence-corrected chi connectivity index (χ3v) is 4.98. The zero-order valence-electron chi connectivity index (χ0n) is 14.3. The summed E-state index contributed by atoms with van der Waals surface area (Å²) in [6, 6.07) is 8.05. The first-order valence-electron chi connectivity index (χ1n) is 8.25. The molecule has 0 bridgehead atoms. The van der Waals surface area contributed by atoms with Crippen LogP contribution in [0.2, 0.25) is 0 Å². The molecule has 3 aromatic rings. The Labute approximate surface area is 144 Å². The number of H-pyrrole nitrogens is 1. The third-order valence-electron chi connectivity index (χ3n) is 4.98. The van der Waals surface area contributed by atoms with Crippen molar-refractivity contribution in [1.82, 2.24) is 15.3 Å². The molecule has 0 radical (unpaired) electrons. The van der Waals surface area contributed by atoms with Crippen molar-refractivity contribution >= 4 is 17.0 Å². The maximum Gasteiger partial charge on any atom is 0.262 e. The molecule has 0 saturated carbocycles. The first kappa shape index (κ1) is 15.6. The number of aromatic nitrogens is 2. The van der Waals surface area contributed by atoms with E-state index < -0.39 is 0 Å². The number of hydrogen-bond acceptors (Lipinski definition) is 4. The molecule has 128 valence electrons. The molecule has 1 aliphatic carbocycles. The Balaban J connectivity index is 1.73. The zero-order valence-corrected chi connectivity index (χ0v) is 14.3. The Morgan fingerprint density at radius 2 is 2.12 bits per heavy atom. The highest BCUT2D eigenvalue weighted by atomic mass is 16.3. The number of amides is 1. The molecule has 2 N–H and O–H groups in total. The predicted octanol–water partition coefficient (Wildman–Crippen LogP) is 2.98. The van der Waals surface area contributed by atoms with Crippen molar-refractivity contribution in [2.24, 2.45) is 0 Å². The number of aryl methyl sites for hydroxylation is 1. The molecule has 0 fully saturated rings. The Bertz CT molecular complexity index is 1050. The van der Waals surface area contributed by atoms with Gasteiger partial charge in [-0.3, -0.25) is 9.59 Å². The van der Waals surface area contributed by atoms with E-state index in [2.05, 4.69) is 35.2 Å². The predicted molar refractivity (Wildman–Crippen MR) is 93.7 cm³/mol. The maximum absolute atomic E-state index is 12.9. The first-order valence-corrected chi connectivity index (χ1v) is 8.25. The molecule has 1 aliphatic rings. The van der Waals surface area contributed by atoms with Gasteiger partial charge in [0.25, 0.3) is 11.5 Å². The normalized spacial score (nSPS) is 18.3. The summed E-state index contributed by atoms with van der Waals surface area (Å²) < 4.78 is 5.48. The average molecular weight is 337 g/mol. The van der Waals surface area contributed by atoms with Crippen LogP contribution in [0.15, 0.2) is 39.8 Å². The molecule has 1 unspecified atom stereocenters. The number of hydrogen-bond donors (Lipinski definition) is 2. The van der Waals surface area contributed by atoms with E-state index in [1.54, 1.807) is 6.92 Å². The van der Waals surface area contributed by atoms with Crippen molar-refractivity contribution < 1.29 is 9.21 Å². The summed E-state index contributed by atoms with van der Waals surface area (Å²) in [5.41, 5.74) is 2.41. The zero-order chi connectivity index (χ0) is 17.8. The molecule has 0 spiro atoms. The number of furan rings is 1. The number of nitrogens with one attached hydrogen (secondary N) is 2.